The number of aromatic nitrogens is 4. The molecule has 3 aliphatic carbocycles. The molecule has 0 aromatic carbocycles. The maximum Gasteiger partial charge on any atom is 0.422 e. The van der Waals surface area contributed by atoms with Crippen LogP contribution in [0, 0.1) is 5.92 Å². The number of aromatic amines is 1. The maximum absolute atomic E-state index is 12.5. The monoisotopic (exact) mass is 484 g/mol. The number of rotatable bonds is 7. The van der Waals surface area contributed by atoms with Gasteiger partial charge >= 0.3 is 12.3 Å². The predicted octanol–water partition coefficient (Wildman–Crippen LogP) is 2.45. The Morgan fingerprint density at radius 1 is 1.35 bits per heavy atom. The van der Waals surface area contributed by atoms with E-state index in [4.69, 9.17) is 9.47 Å². The highest BCUT2D eigenvalue weighted by Crippen LogP contribution is 2.56. The Hall–Kier alpha value is -3.29. The van der Waals surface area contributed by atoms with Crippen molar-refractivity contribution in [1.82, 2.24) is 25.1 Å². The van der Waals surface area contributed by atoms with Crippen LogP contribution in [0.1, 0.15) is 48.1 Å². The lowest BCUT2D eigenvalue weighted by Gasteiger charge is -2.61. The van der Waals surface area contributed by atoms with Gasteiger partial charge in [-0.2, -0.15) is 23.3 Å². The largest absolute Gasteiger partial charge is 0.467 e. The first-order chi connectivity index (χ1) is 16.1. The lowest BCUT2D eigenvalue weighted by molar-refractivity contribution is -0.154. The minimum Gasteiger partial charge on any atom is -0.467 e. The summed E-state index contributed by atoms with van der Waals surface area (Å²) < 4.78 is 53.9. The molecule has 3 N–H and O–H groups in total. The zero-order valence-electron chi connectivity index (χ0n) is 18.1. The van der Waals surface area contributed by atoms with Crippen molar-refractivity contribution in [3.05, 3.63) is 23.8 Å². The second kappa shape index (κ2) is 8.18. The third kappa shape index (κ3) is 4.67. The number of H-pyrrole nitrogens is 1. The van der Waals surface area contributed by atoms with E-state index < -0.39 is 37.0 Å². The second-order valence-corrected chi connectivity index (χ2v) is 9.05. The average molecular weight is 484 g/mol. The summed E-state index contributed by atoms with van der Waals surface area (Å²) in [7, 11) is 1.45. The number of halogens is 3. The number of ether oxygens (including phenoxy) is 3. The molecular formula is C20H23F3N6O5. The number of alkyl carbamates (subject to hydrolysis) is 1. The number of carbonyl (C=O) groups excluding carboxylic acids is 2. The Morgan fingerprint density at radius 3 is 2.79 bits per heavy atom. The number of hydrogen-bond donors (Lipinski definition) is 3. The summed E-state index contributed by atoms with van der Waals surface area (Å²) in [6.45, 7) is -1.27. The van der Waals surface area contributed by atoms with Gasteiger partial charge in [0, 0.05) is 25.1 Å². The molecule has 1 saturated heterocycles. The van der Waals surface area contributed by atoms with Crippen molar-refractivity contribution in [3.63, 3.8) is 0 Å². The number of nitrogens with zero attached hydrogens (tertiary/aromatic N) is 3. The Labute approximate surface area is 191 Å². The topological polar surface area (TPSA) is 132 Å². The zero-order chi connectivity index (χ0) is 24.1. The van der Waals surface area contributed by atoms with Crippen LogP contribution in [0.2, 0.25) is 0 Å². The third-order valence-electron chi connectivity index (χ3n) is 6.27. The lowest BCUT2D eigenvalue weighted by Crippen LogP contribution is -2.68. The van der Waals surface area contributed by atoms with Crippen LogP contribution in [0.3, 0.4) is 0 Å². The normalized spacial score (nSPS) is 27.5. The fraction of sp³-hybridized carbons (Fsp3) is 0.600. The van der Waals surface area contributed by atoms with Crippen molar-refractivity contribution < 1.29 is 37.0 Å². The molecule has 2 aromatic heterocycles. The summed E-state index contributed by atoms with van der Waals surface area (Å²) in [6.07, 6.45) is -1.08. The number of alkyl halides is 3. The second-order valence-electron chi connectivity index (χ2n) is 9.05. The first-order valence-corrected chi connectivity index (χ1v) is 10.8. The fourth-order valence-corrected chi connectivity index (χ4v) is 4.54. The highest BCUT2D eigenvalue weighted by molar-refractivity contribution is 6.01. The Morgan fingerprint density at radius 2 is 2.12 bits per heavy atom. The summed E-state index contributed by atoms with van der Waals surface area (Å²) in [5.74, 6) is -0.230. The van der Waals surface area contributed by atoms with E-state index in [9.17, 15) is 22.8 Å². The van der Waals surface area contributed by atoms with Crippen LogP contribution >= 0.6 is 0 Å². The van der Waals surface area contributed by atoms with Crippen LogP contribution in [-0.4, -0.2) is 62.8 Å². The van der Waals surface area contributed by atoms with E-state index in [1.165, 1.54) is 17.8 Å². The molecule has 4 aliphatic rings. The van der Waals surface area contributed by atoms with E-state index >= 15 is 0 Å². The minimum absolute atomic E-state index is 0.0600. The van der Waals surface area contributed by atoms with Crippen LogP contribution < -0.4 is 15.4 Å². The van der Waals surface area contributed by atoms with Crippen molar-refractivity contribution in [3.8, 4) is 5.88 Å². The molecule has 3 saturated carbocycles. The molecule has 3 heterocycles. The van der Waals surface area contributed by atoms with Crippen molar-refractivity contribution in [2.45, 2.75) is 49.6 Å². The highest BCUT2D eigenvalue weighted by atomic mass is 19.4. The van der Waals surface area contributed by atoms with E-state index in [2.05, 4.69) is 30.6 Å². The molecule has 34 heavy (non-hydrogen) atoms. The van der Waals surface area contributed by atoms with Crippen LogP contribution in [-0.2, 0) is 16.5 Å². The smallest absolute Gasteiger partial charge is 0.422 e. The zero-order valence-corrected chi connectivity index (χ0v) is 18.1. The Balaban J connectivity index is 1.12. The van der Waals surface area contributed by atoms with E-state index in [0.717, 1.165) is 25.2 Å². The molecule has 1 aliphatic heterocycles. The van der Waals surface area contributed by atoms with Gasteiger partial charge in [-0.1, -0.05) is 0 Å². The third-order valence-corrected chi connectivity index (χ3v) is 6.27. The molecule has 0 radical (unpaired) electrons. The molecule has 2 bridgehead atoms. The van der Waals surface area contributed by atoms with Gasteiger partial charge in [0.25, 0.3) is 5.91 Å². The number of carbonyl (C=O) groups is 2. The molecule has 4 fully saturated rings. The number of aryl methyl sites for hydroxylation is 1. The predicted molar refractivity (Wildman–Crippen MR) is 108 cm³/mol. The molecule has 0 spiro atoms. The number of nitrogens with one attached hydrogen (secondary N) is 3. The molecule has 2 aromatic rings. The molecule has 2 amide bonds. The maximum atomic E-state index is 12.5. The first kappa shape index (κ1) is 22.5. The minimum atomic E-state index is -4.52. The van der Waals surface area contributed by atoms with E-state index in [0.29, 0.717) is 12.1 Å². The van der Waals surface area contributed by atoms with Crippen molar-refractivity contribution in [2.75, 3.05) is 18.5 Å². The molecule has 184 valence electrons. The van der Waals surface area contributed by atoms with Crippen LogP contribution in [0.25, 0.3) is 0 Å². The molecule has 14 heteroatoms. The lowest BCUT2D eigenvalue weighted by atomic mass is 9.50. The Bertz CT molecular complexity index is 1080. The van der Waals surface area contributed by atoms with Gasteiger partial charge in [0.15, 0.2) is 12.4 Å². The summed E-state index contributed by atoms with van der Waals surface area (Å²) in [6, 6.07) is 1.57. The highest BCUT2D eigenvalue weighted by Gasteiger charge is 2.57. The fourth-order valence-electron chi connectivity index (χ4n) is 4.54. The van der Waals surface area contributed by atoms with Crippen LogP contribution in [0.5, 0.6) is 5.88 Å². The van der Waals surface area contributed by atoms with E-state index in [1.54, 1.807) is 6.07 Å². The van der Waals surface area contributed by atoms with Gasteiger partial charge in [-0.05, 0) is 25.2 Å². The SMILES string of the molecule is Cn1cc(OCC(F)(F)F)nc1C(=O)Nc1cc([C@H]2C[C@@H](OC(=O)NC34CC(C3)C4)CO2)[nH]n1. The van der Waals surface area contributed by atoms with E-state index in [-0.39, 0.29) is 29.7 Å². The Kier molecular flexibility index (Phi) is 5.41. The molecule has 2 atom stereocenters. The summed E-state index contributed by atoms with van der Waals surface area (Å²) in [5.41, 5.74) is 0.519. The molecule has 0 unspecified atom stereocenters. The van der Waals surface area contributed by atoms with Gasteiger partial charge in [-0.3, -0.25) is 9.89 Å². The summed E-state index contributed by atoms with van der Waals surface area (Å²) >= 11 is 0. The summed E-state index contributed by atoms with van der Waals surface area (Å²) in [4.78, 5) is 28.4. The van der Waals surface area contributed by atoms with Gasteiger partial charge in [0.1, 0.15) is 12.2 Å². The van der Waals surface area contributed by atoms with E-state index in [1.807, 2.05) is 0 Å². The van der Waals surface area contributed by atoms with Crippen molar-refractivity contribution in [1.29, 1.82) is 0 Å². The van der Waals surface area contributed by atoms with Gasteiger partial charge < -0.3 is 29.4 Å². The van der Waals surface area contributed by atoms with Crippen LogP contribution in [0.4, 0.5) is 23.8 Å². The van der Waals surface area contributed by atoms with Crippen molar-refractivity contribution >= 4 is 17.8 Å². The number of hydrogen-bond acceptors (Lipinski definition) is 7. The van der Waals surface area contributed by atoms with Gasteiger partial charge in [0.05, 0.1) is 18.5 Å². The quantitative estimate of drug-likeness (QED) is 0.550. The number of imidazole rings is 1. The van der Waals surface area contributed by atoms with Crippen LogP contribution in [0.15, 0.2) is 12.3 Å². The summed E-state index contributed by atoms with van der Waals surface area (Å²) in [5, 5.41) is 12.3. The molecule has 11 nitrogen and oxygen atoms in total. The molecular weight excluding hydrogens is 461 g/mol. The number of anilines is 1. The van der Waals surface area contributed by atoms with Gasteiger partial charge in [0.2, 0.25) is 11.7 Å². The molecule has 6 rings (SSSR count). The first-order valence-electron chi connectivity index (χ1n) is 10.8. The van der Waals surface area contributed by atoms with Crippen molar-refractivity contribution in [2.24, 2.45) is 13.0 Å². The number of amides is 2. The van der Waals surface area contributed by atoms with Gasteiger partial charge in [-0.25, -0.2) is 4.79 Å². The average Bonchev–Trinajstić information content (AvgIpc) is 3.41. The van der Waals surface area contributed by atoms with Gasteiger partial charge in [-0.15, -0.1) is 0 Å². The standard InChI is InChI=1S/C20H23F3N6O5/c1-29-7-15(33-9-20(21,22)23)25-16(29)17(30)24-14-3-12(27-28-14)13-2-11(8-32-13)34-18(31)26-19-4-10(5-19)6-19/h3,7,10-11,13H,2,4-6,8-9H2,1H3,(H,26,31)(H2,24,27,28,30)/t10?,11-,13-,19?/m1/s1.